The third-order valence-corrected chi connectivity index (χ3v) is 4.08. The quantitative estimate of drug-likeness (QED) is 0.516. The summed E-state index contributed by atoms with van der Waals surface area (Å²) in [6.07, 6.45) is 0.747. The summed E-state index contributed by atoms with van der Waals surface area (Å²) in [7, 11) is 0. The van der Waals surface area contributed by atoms with Crippen LogP contribution < -0.4 is 9.47 Å². The van der Waals surface area contributed by atoms with Crippen LogP contribution in [0, 0.1) is 0 Å². The Balaban J connectivity index is 1.86. The predicted octanol–water partition coefficient (Wildman–Crippen LogP) is 2.70. The lowest BCUT2D eigenvalue weighted by Gasteiger charge is -2.25. The molecule has 1 aliphatic carbocycles. The number of aliphatic hydroxyl groups excluding tert-OH is 1. The molecule has 5 nitrogen and oxygen atoms in total. The molecule has 1 heterocycles. The summed E-state index contributed by atoms with van der Waals surface area (Å²) < 4.78 is 11.0. The number of ether oxygens (including phenoxy) is 2. The van der Waals surface area contributed by atoms with Crippen LogP contribution in [-0.4, -0.2) is 29.9 Å². The highest BCUT2D eigenvalue weighted by atomic mass is 16.6. The number of hydrogen-bond donors (Lipinski definition) is 1. The van der Waals surface area contributed by atoms with Gasteiger partial charge < -0.3 is 14.6 Å². The van der Waals surface area contributed by atoms with Crippen molar-refractivity contribution in [3.8, 4) is 11.5 Å². The highest BCUT2D eigenvalue weighted by Gasteiger charge is 2.33. The third kappa shape index (κ3) is 2.58. The molecule has 0 amide bonds. The van der Waals surface area contributed by atoms with Gasteiger partial charge in [0.1, 0.15) is 19.0 Å². The summed E-state index contributed by atoms with van der Waals surface area (Å²) in [5, 5.41) is 9.74. The van der Waals surface area contributed by atoms with Crippen LogP contribution in [0.2, 0.25) is 0 Å². The number of hydrogen-bond acceptors (Lipinski definition) is 5. The van der Waals surface area contributed by atoms with Crippen LogP contribution in [0.15, 0.2) is 29.5 Å². The first kappa shape index (κ1) is 14.6. The molecule has 0 atom stereocenters. The number of Topliss-reactive ketones (excluding diaryl/α,β-unsaturated/α-hetero) is 2. The summed E-state index contributed by atoms with van der Waals surface area (Å²) in [6, 6.07) is 5.52. The standard InChI is InChI=1S/C17H18O5/c1-2-12(18)17-13(19)7-11(8-14(17)20)10-3-4-15-16(9-10)22-6-5-21-15/h3-4,9,11,18H,2,5-8H2,1H3. The van der Waals surface area contributed by atoms with E-state index in [1.54, 1.807) is 6.92 Å². The lowest BCUT2D eigenvalue weighted by Crippen LogP contribution is -2.26. The van der Waals surface area contributed by atoms with Gasteiger partial charge in [0.2, 0.25) is 0 Å². The molecular weight excluding hydrogens is 284 g/mol. The number of rotatable bonds is 2. The van der Waals surface area contributed by atoms with Gasteiger partial charge in [-0.3, -0.25) is 9.59 Å². The molecule has 0 unspecified atom stereocenters. The van der Waals surface area contributed by atoms with E-state index in [1.807, 2.05) is 18.2 Å². The van der Waals surface area contributed by atoms with Gasteiger partial charge >= 0.3 is 0 Å². The predicted molar refractivity (Wildman–Crippen MR) is 79.4 cm³/mol. The fourth-order valence-corrected chi connectivity index (χ4v) is 2.93. The SMILES string of the molecule is CCC(O)=C1C(=O)CC(c2ccc3c(c2)OCCO3)CC1=O. The number of aliphatic hydroxyl groups is 1. The lowest BCUT2D eigenvalue weighted by atomic mass is 9.79. The van der Waals surface area contributed by atoms with Crippen LogP contribution >= 0.6 is 0 Å². The van der Waals surface area contributed by atoms with Crippen LogP contribution in [0.5, 0.6) is 11.5 Å². The molecule has 0 bridgehead atoms. The lowest BCUT2D eigenvalue weighted by molar-refractivity contribution is -0.124. The molecule has 0 saturated heterocycles. The molecule has 1 aromatic rings. The zero-order chi connectivity index (χ0) is 15.7. The number of allylic oxidation sites excluding steroid dienone is 2. The fraction of sp³-hybridized carbons (Fsp3) is 0.412. The van der Waals surface area contributed by atoms with Crippen molar-refractivity contribution in [3.05, 3.63) is 35.1 Å². The van der Waals surface area contributed by atoms with Crippen molar-refractivity contribution < 1.29 is 24.2 Å². The maximum Gasteiger partial charge on any atom is 0.170 e. The van der Waals surface area contributed by atoms with Crippen LogP contribution in [0.3, 0.4) is 0 Å². The second kappa shape index (κ2) is 5.83. The number of benzene rings is 1. The van der Waals surface area contributed by atoms with E-state index in [9.17, 15) is 14.7 Å². The zero-order valence-electron chi connectivity index (χ0n) is 12.4. The summed E-state index contributed by atoms with van der Waals surface area (Å²) in [4.78, 5) is 24.4. The first-order valence-electron chi connectivity index (χ1n) is 7.48. The van der Waals surface area contributed by atoms with Gasteiger partial charge in [-0.2, -0.15) is 0 Å². The van der Waals surface area contributed by atoms with Crippen molar-refractivity contribution in [2.75, 3.05) is 13.2 Å². The van der Waals surface area contributed by atoms with E-state index >= 15 is 0 Å². The minimum atomic E-state index is -0.282. The molecule has 0 aromatic heterocycles. The van der Waals surface area contributed by atoms with E-state index in [0.29, 0.717) is 31.1 Å². The Morgan fingerprint density at radius 1 is 1.14 bits per heavy atom. The van der Waals surface area contributed by atoms with Crippen molar-refractivity contribution in [2.45, 2.75) is 32.1 Å². The average Bonchev–Trinajstić information content (AvgIpc) is 2.53. The van der Waals surface area contributed by atoms with Crippen LogP contribution in [0.25, 0.3) is 0 Å². The Morgan fingerprint density at radius 2 is 1.77 bits per heavy atom. The van der Waals surface area contributed by atoms with E-state index in [-0.39, 0.29) is 41.7 Å². The molecule has 0 radical (unpaired) electrons. The Bertz CT molecular complexity index is 639. The Labute approximate surface area is 128 Å². The van der Waals surface area contributed by atoms with Gasteiger partial charge in [0, 0.05) is 19.3 Å². The highest BCUT2D eigenvalue weighted by Crippen LogP contribution is 2.38. The van der Waals surface area contributed by atoms with Crippen molar-refractivity contribution in [3.63, 3.8) is 0 Å². The molecule has 0 spiro atoms. The molecule has 116 valence electrons. The number of carbonyl (C=O) groups is 2. The van der Waals surface area contributed by atoms with Gasteiger partial charge in [-0.25, -0.2) is 0 Å². The monoisotopic (exact) mass is 302 g/mol. The van der Waals surface area contributed by atoms with Gasteiger partial charge in [-0.05, 0) is 23.6 Å². The normalized spacial score (nSPS) is 21.0. The molecular formula is C17H18O5. The van der Waals surface area contributed by atoms with E-state index < -0.39 is 0 Å². The number of carbonyl (C=O) groups excluding carboxylic acids is 2. The minimum absolute atomic E-state index is 0.0173. The van der Waals surface area contributed by atoms with Crippen molar-refractivity contribution in [1.82, 2.24) is 0 Å². The smallest absolute Gasteiger partial charge is 0.170 e. The first-order chi connectivity index (χ1) is 10.6. The molecule has 1 aliphatic heterocycles. The van der Waals surface area contributed by atoms with Gasteiger partial charge in [0.15, 0.2) is 23.1 Å². The van der Waals surface area contributed by atoms with E-state index in [2.05, 4.69) is 0 Å². The molecule has 1 aromatic carbocycles. The van der Waals surface area contributed by atoms with Crippen molar-refractivity contribution >= 4 is 11.6 Å². The fourth-order valence-electron chi connectivity index (χ4n) is 2.93. The average molecular weight is 302 g/mol. The molecule has 2 aliphatic rings. The Morgan fingerprint density at radius 3 is 2.41 bits per heavy atom. The largest absolute Gasteiger partial charge is 0.511 e. The zero-order valence-corrected chi connectivity index (χ0v) is 12.4. The topological polar surface area (TPSA) is 72.8 Å². The van der Waals surface area contributed by atoms with E-state index in [4.69, 9.17) is 9.47 Å². The third-order valence-electron chi connectivity index (χ3n) is 4.08. The Hall–Kier alpha value is -2.30. The summed E-state index contributed by atoms with van der Waals surface area (Å²) >= 11 is 0. The van der Waals surface area contributed by atoms with Gasteiger partial charge in [0.05, 0.1) is 5.57 Å². The van der Waals surface area contributed by atoms with Crippen molar-refractivity contribution in [2.24, 2.45) is 0 Å². The molecule has 1 N–H and O–H groups in total. The maximum atomic E-state index is 12.2. The maximum absolute atomic E-state index is 12.2. The molecule has 1 saturated carbocycles. The molecule has 3 rings (SSSR count). The number of ketones is 2. The van der Waals surface area contributed by atoms with Gasteiger partial charge in [-0.1, -0.05) is 13.0 Å². The van der Waals surface area contributed by atoms with E-state index in [1.165, 1.54) is 0 Å². The summed E-state index contributed by atoms with van der Waals surface area (Å²) in [6.45, 7) is 2.74. The summed E-state index contributed by atoms with van der Waals surface area (Å²) in [5.74, 6) is 0.500. The second-order valence-corrected chi connectivity index (χ2v) is 5.53. The molecule has 22 heavy (non-hydrogen) atoms. The number of fused-ring (bicyclic) bond motifs is 1. The summed E-state index contributed by atoms with van der Waals surface area (Å²) in [5.41, 5.74) is 0.872. The Kier molecular flexibility index (Phi) is 3.88. The van der Waals surface area contributed by atoms with Crippen LogP contribution in [0.4, 0.5) is 0 Å². The van der Waals surface area contributed by atoms with Gasteiger partial charge in [-0.15, -0.1) is 0 Å². The first-order valence-corrected chi connectivity index (χ1v) is 7.48. The highest BCUT2D eigenvalue weighted by molar-refractivity contribution is 6.22. The van der Waals surface area contributed by atoms with E-state index in [0.717, 1.165) is 5.56 Å². The minimum Gasteiger partial charge on any atom is -0.511 e. The molecule has 1 fully saturated rings. The molecule has 5 heteroatoms. The van der Waals surface area contributed by atoms with Crippen molar-refractivity contribution in [1.29, 1.82) is 0 Å². The van der Waals surface area contributed by atoms with Crippen LogP contribution in [-0.2, 0) is 9.59 Å². The second-order valence-electron chi connectivity index (χ2n) is 5.53. The van der Waals surface area contributed by atoms with Gasteiger partial charge in [0.25, 0.3) is 0 Å². The van der Waals surface area contributed by atoms with Crippen LogP contribution in [0.1, 0.15) is 37.7 Å².